The van der Waals surface area contributed by atoms with Gasteiger partial charge in [0.2, 0.25) is 0 Å². The summed E-state index contributed by atoms with van der Waals surface area (Å²) in [7, 11) is 0. The third-order valence-electron chi connectivity index (χ3n) is 2.29. The molecule has 0 saturated heterocycles. The van der Waals surface area contributed by atoms with Crippen molar-refractivity contribution in [3.63, 3.8) is 0 Å². The molecule has 1 aromatic heterocycles. The molecule has 3 nitrogen and oxygen atoms in total. The van der Waals surface area contributed by atoms with Gasteiger partial charge in [-0.25, -0.2) is 4.98 Å². The van der Waals surface area contributed by atoms with E-state index in [0.717, 1.165) is 12.1 Å². The number of nitrogens with one attached hydrogen (secondary N) is 1. The Bertz CT molecular complexity index is 462. The van der Waals surface area contributed by atoms with Crippen molar-refractivity contribution in [3.05, 3.63) is 46.4 Å². The predicted octanol–water partition coefficient (Wildman–Crippen LogP) is 2.96. The van der Waals surface area contributed by atoms with Gasteiger partial charge >= 0.3 is 0 Å². The van der Waals surface area contributed by atoms with Crippen LogP contribution in [0.25, 0.3) is 0 Å². The van der Waals surface area contributed by atoms with Crippen molar-refractivity contribution >= 4 is 22.9 Å². The summed E-state index contributed by atoms with van der Waals surface area (Å²) in [5.41, 5.74) is 4.17. The molecule has 1 aromatic carbocycles. The molecule has 0 aliphatic rings. The third kappa shape index (κ3) is 2.46. The Hall–Kier alpha value is -1.68. The minimum atomic E-state index is -0.162. The molecule has 0 atom stereocenters. The molecule has 0 saturated carbocycles. The molecule has 1 N–H and O–H groups in total. The van der Waals surface area contributed by atoms with E-state index in [-0.39, 0.29) is 5.91 Å². The largest absolute Gasteiger partial charge is 0.321 e. The van der Waals surface area contributed by atoms with Gasteiger partial charge in [0.1, 0.15) is 5.69 Å². The van der Waals surface area contributed by atoms with E-state index in [9.17, 15) is 4.79 Å². The van der Waals surface area contributed by atoms with E-state index in [0.29, 0.717) is 5.69 Å². The average molecular weight is 232 g/mol. The Balaban J connectivity index is 2.06. The number of carbonyl (C=O) groups is 1. The average Bonchev–Trinajstić information content (AvgIpc) is 2.83. The first-order chi connectivity index (χ1) is 7.79. The van der Waals surface area contributed by atoms with E-state index >= 15 is 0 Å². The van der Waals surface area contributed by atoms with Crippen molar-refractivity contribution in [2.24, 2.45) is 0 Å². The second-order valence-corrected chi connectivity index (χ2v) is 4.10. The van der Waals surface area contributed by atoms with E-state index in [1.54, 1.807) is 10.9 Å². The summed E-state index contributed by atoms with van der Waals surface area (Å²) in [6, 6.07) is 7.83. The van der Waals surface area contributed by atoms with Crippen molar-refractivity contribution in [1.29, 1.82) is 0 Å². The van der Waals surface area contributed by atoms with Crippen LogP contribution in [0.3, 0.4) is 0 Å². The van der Waals surface area contributed by atoms with Crippen LogP contribution in [0.5, 0.6) is 0 Å². The number of aryl methyl sites for hydroxylation is 1. The van der Waals surface area contributed by atoms with Gasteiger partial charge in [-0.1, -0.05) is 19.1 Å². The molecule has 2 rings (SSSR count). The molecule has 0 aliphatic carbocycles. The summed E-state index contributed by atoms with van der Waals surface area (Å²) in [5.74, 6) is -0.162. The van der Waals surface area contributed by atoms with Crippen molar-refractivity contribution in [1.82, 2.24) is 4.98 Å². The number of aromatic nitrogens is 1. The fraction of sp³-hybridized carbons (Fsp3) is 0.167. The number of hydrogen-bond acceptors (Lipinski definition) is 3. The van der Waals surface area contributed by atoms with Gasteiger partial charge < -0.3 is 5.32 Å². The van der Waals surface area contributed by atoms with Crippen molar-refractivity contribution < 1.29 is 4.79 Å². The molecule has 0 spiro atoms. The topological polar surface area (TPSA) is 42.0 Å². The maximum absolute atomic E-state index is 11.7. The molecule has 0 unspecified atom stereocenters. The Morgan fingerprint density at radius 3 is 2.69 bits per heavy atom. The van der Waals surface area contributed by atoms with Gasteiger partial charge in [0.05, 0.1) is 5.51 Å². The molecule has 0 aliphatic heterocycles. The van der Waals surface area contributed by atoms with E-state index in [1.165, 1.54) is 16.9 Å². The van der Waals surface area contributed by atoms with Crippen LogP contribution < -0.4 is 5.32 Å². The SMILES string of the molecule is CCc1ccc(NC(=O)c2cscn2)cc1. The second-order valence-electron chi connectivity index (χ2n) is 3.38. The van der Waals surface area contributed by atoms with Gasteiger partial charge in [-0.15, -0.1) is 11.3 Å². The van der Waals surface area contributed by atoms with Gasteiger partial charge in [0, 0.05) is 11.1 Å². The number of hydrogen-bond donors (Lipinski definition) is 1. The van der Waals surface area contributed by atoms with Crippen molar-refractivity contribution in [3.8, 4) is 0 Å². The standard InChI is InChI=1S/C12H12N2OS/c1-2-9-3-5-10(6-4-9)14-12(15)11-7-16-8-13-11/h3-8H,2H2,1H3,(H,14,15). The van der Waals surface area contributed by atoms with Crippen molar-refractivity contribution in [2.75, 3.05) is 5.32 Å². The van der Waals surface area contributed by atoms with E-state index in [1.807, 2.05) is 24.3 Å². The number of amides is 1. The molecular formula is C12H12N2OS. The lowest BCUT2D eigenvalue weighted by molar-refractivity contribution is 0.102. The number of benzene rings is 1. The van der Waals surface area contributed by atoms with Crippen LogP contribution in [0.1, 0.15) is 23.0 Å². The van der Waals surface area contributed by atoms with Gasteiger partial charge in [-0.3, -0.25) is 4.79 Å². The lowest BCUT2D eigenvalue weighted by atomic mass is 10.1. The Kier molecular flexibility index (Phi) is 3.31. The fourth-order valence-corrected chi connectivity index (χ4v) is 1.88. The Labute approximate surface area is 98.2 Å². The lowest BCUT2D eigenvalue weighted by Crippen LogP contribution is -2.11. The van der Waals surface area contributed by atoms with Crippen LogP contribution in [-0.2, 0) is 6.42 Å². The highest BCUT2D eigenvalue weighted by Gasteiger charge is 2.07. The third-order valence-corrected chi connectivity index (χ3v) is 2.87. The highest BCUT2D eigenvalue weighted by atomic mass is 32.1. The number of carbonyl (C=O) groups excluding carboxylic acids is 1. The van der Waals surface area contributed by atoms with Gasteiger partial charge in [-0.2, -0.15) is 0 Å². The van der Waals surface area contributed by atoms with Crippen LogP contribution in [0.2, 0.25) is 0 Å². The predicted molar refractivity (Wildman–Crippen MR) is 65.9 cm³/mol. The quantitative estimate of drug-likeness (QED) is 0.884. The number of anilines is 1. The minimum absolute atomic E-state index is 0.162. The summed E-state index contributed by atoms with van der Waals surface area (Å²) in [6.45, 7) is 2.10. The summed E-state index contributed by atoms with van der Waals surface area (Å²) in [5, 5.41) is 4.53. The van der Waals surface area contributed by atoms with E-state index < -0.39 is 0 Å². The minimum Gasteiger partial charge on any atom is -0.321 e. The zero-order valence-electron chi connectivity index (χ0n) is 8.93. The number of thiazole rings is 1. The highest BCUT2D eigenvalue weighted by molar-refractivity contribution is 7.07. The first-order valence-electron chi connectivity index (χ1n) is 5.08. The molecule has 4 heteroatoms. The second kappa shape index (κ2) is 4.90. The molecule has 0 bridgehead atoms. The normalized spacial score (nSPS) is 10.1. The molecular weight excluding hydrogens is 220 g/mol. The summed E-state index contributed by atoms with van der Waals surface area (Å²) in [4.78, 5) is 15.6. The monoisotopic (exact) mass is 232 g/mol. The number of rotatable bonds is 3. The van der Waals surface area contributed by atoms with Crippen molar-refractivity contribution in [2.45, 2.75) is 13.3 Å². The van der Waals surface area contributed by atoms with Crippen LogP contribution in [0.4, 0.5) is 5.69 Å². The molecule has 2 aromatic rings. The van der Waals surface area contributed by atoms with Crippen LogP contribution >= 0.6 is 11.3 Å². The summed E-state index contributed by atoms with van der Waals surface area (Å²) < 4.78 is 0. The zero-order chi connectivity index (χ0) is 11.4. The maximum atomic E-state index is 11.7. The Morgan fingerprint density at radius 2 is 2.12 bits per heavy atom. The number of nitrogens with zero attached hydrogens (tertiary/aromatic N) is 1. The fourth-order valence-electron chi connectivity index (χ4n) is 1.34. The van der Waals surface area contributed by atoms with Crippen LogP contribution in [0, 0.1) is 0 Å². The molecule has 0 fully saturated rings. The first kappa shape index (κ1) is 10.8. The highest BCUT2D eigenvalue weighted by Crippen LogP contribution is 2.11. The molecule has 16 heavy (non-hydrogen) atoms. The van der Waals surface area contributed by atoms with Gasteiger partial charge in [0.25, 0.3) is 5.91 Å². The first-order valence-corrected chi connectivity index (χ1v) is 6.02. The van der Waals surface area contributed by atoms with E-state index in [2.05, 4.69) is 17.2 Å². The summed E-state index contributed by atoms with van der Waals surface area (Å²) in [6.07, 6.45) is 1.00. The molecule has 82 valence electrons. The summed E-state index contributed by atoms with van der Waals surface area (Å²) >= 11 is 1.41. The smallest absolute Gasteiger partial charge is 0.275 e. The molecule has 1 heterocycles. The van der Waals surface area contributed by atoms with Crippen LogP contribution in [-0.4, -0.2) is 10.9 Å². The maximum Gasteiger partial charge on any atom is 0.275 e. The van der Waals surface area contributed by atoms with Gasteiger partial charge in [-0.05, 0) is 24.1 Å². The van der Waals surface area contributed by atoms with Gasteiger partial charge in [0.15, 0.2) is 0 Å². The zero-order valence-corrected chi connectivity index (χ0v) is 9.75. The van der Waals surface area contributed by atoms with E-state index in [4.69, 9.17) is 0 Å². The Morgan fingerprint density at radius 1 is 1.38 bits per heavy atom. The molecule has 1 amide bonds. The lowest BCUT2D eigenvalue weighted by Gasteiger charge is -2.03. The van der Waals surface area contributed by atoms with Crippen LogP contribution in [0.15, 0.2) is 35.2 Å². The molecule has 0 radical (unpaired) electrons.